The van der Waals surface area contributed by atoms with Gasteiger partial charge < -0.3 is 10.2 Å². The SMILES string of the molecule is Cc1cccc(CN(C(=O)CN(c2ccccc2Cl)S(=O)(=O)c2ccccc2)[C@@H](Cc2ccccc2)C(=O)NCC(C)C)c1. The second kappa shape index (κ2) is 15.0. The number of aryl methyl sites for hydroxylation is 1. The van der Waals surface area contributed by atoms with Crippen LogP contribution in [0.3, 0.4) is 0 Å². The van der Waals surface area contributed by atoms with Crippen LogP contribution in [0.1, 0.15) is 30.5 Å². The number of rotatable bonds is 13. The Morgan fingerprint density at radius 2 is 1.43 bits per heavy atom. The molecule has 4 aromatic carbocycles. The molecule has 0 aliphatic heterocycles. The van der Waals surface area contributed by atoms with Crippen LogP contribution in [0.15, 0.2) is 114 Å². The number of amides is 2. The molecule has 7 nitrogen and oxygen atoms in total. The highest BCUT2D eigenvalue weighted by molar-refractivity contribution is 7.92. The van der Waals surface area contributed by atoms with Crippen LogP contribution in [-0.2, 0) is 32.6 Å². The fourth-order valence-corrected chi connectivity index (χ4v) is 6.61. The van der Waals surface area contributed by atoms with Gasteiger partial charge in [0, 0.05) is 19.5 Å². The summed E-state index contributed by atoms with van der Waals surface area (Å²) >= 11 is 6.52. The maximum atomic E-state index is 14.5. The third kappa shape index (κ3) is 8.49. The standard InChI is InChI=1S/C35H38ClN3O4S/c1-26(2)23-37-35(41)33(22-28-14-6-4-7-15-28)38(24-29-16-12-13-27(3)21-29)34(40)25-39(32-20-11-10-19-31(32)36)44(42,43)30-17-8-5-9-18-30/h4-21,26,33H,22-25H2,1-3H3,(H,37,41)/t33-/m0/s1. The summed E-state index contributed by atoms with van der Waals surface area (Å²) in [5.41, 5.74) is 2.87. The Balaban J connectivity index is 1.80. The van der Waals surface area contributed by atoms with Gasteiger partial charge in [0.2, 0.25) is 11.8 Å². The molecule has 9 heteroatoms. The van der Waals surface area contributed by atoms with Crippen molar-refractivity contribution in [3.63, 3.8) is 0 Å². The summed E-state index contributed by atoms with van der Waals surface area (Å²) in [6.45, 7) is 5.93. The third-order valence-corrected chi connectivity index (χ3v) is 9.22. The molecule has 0 aromatic heterocycles. The number of hydrogen-bond donors (Lipinski definition) is 1. The number of sulfonamides is 1. The largest absolute Gasteiger partial charge is 0.354 e. The van der Waals surface area contributed by atoms with Crippen molar-refractivity contribution < 1.29 is 18.0 Å². The molecule has 0 bridgehead atoms. The van der Waals surface area contributed by atoms with Gasteiger partial charge in [-0.15, -0.1) is 0 Å². The summed E-state index contributed by atoms with van der Waals surface area (Å²) in [6, 6.07) is 30.7. The van der Waals surface area contributed by atoms with E-state index in [1.165, 1.54) is 17.0 Å². The monoisotopic (exact) mass is 631 g/mol. The number of halogens is 1. The van der Waals surface area contributed by atoms with E-state index in [1.54, 1.807) is 42.5 Å². The Bertz CT molecular complexity index is 1660. The van der Waals surface area contributed by atoms with Crippen molar-refractivity contribution in [2.45, 2.75) is 44.7 Å². The molecule has 0 unspecified atom stereocenters. The summed E-state index contributed by atoms with van der Waals surface area (Å²) in [5.74, 6) is -0.644. The maximum Gasteiger partial charge on any atom is 0.264 e. The number of carbonyl (C=O) groups is 2. The molecule has 0 aliphatic rings. The normalized spacial score (nSPS) is 12.0. The average molecular weight is 632 g/mol. The van der Waals surface area contributed by atoms with Crippen molar-refractivity contribution in [1.29, 1.82) is 0 Å². The predicted octanol–water partition coefficient (Wildman–Crippen LogP) is 6.26. The molecular weight excluding hydrogens is 594 g/mol. The van der Waals surface area contributed by atoms with Crippen molar-refractivity contribution in [2.75, 3.05) is 17.4 Å². The minimum absolute atomic E-state index is 0.0217. The molecule has 0 saturated heterocycles. The fraction of sp³-hybridized carbons (Fsp3) is 0.257. The lowest BCUT2D eigenvalue weighted by atomic mass is 10.0. The van der Waals surface area contributed by atoms with E-state index in [0.29, 0.717) is 6.54 Å². The quantitative estimate of drug-likeness (QED) is 0.189. The molecule has 0 spiro atoms. The molecule has 4 rings (SSSR count). The van der Waals surface area contributed by atoms with Gasteiger partial charge in [0.25, 0.3) is 10.0 Å². The summed E-state index contributed by atoms with van der Waals surface area (Å²) in [6.07, 6.45) is 0.250. The molecular formula is C35H38ClN3O4S. The van der Waals surface area contributed by atoms with E-state index in [9.17, 15) is 18.0 Å². The van der Waals surface area contributed by atoms with Gasteiger partial charge in [-0.25, -0.2) is 8.42 Å². The number of nitrogens with zero attached hydrogens (tertiary/aromatic N) is 2. The van der Waals surface area contributed by atoms with Crippen LogP contribution in [0.5, 0.6) is 0 Å². The highest BCUT2D eigenvalue weighted by Gasteiger charge is 2.35. The highest BCUT2D eigenvalue weighted by Crippen LogP contribution is 2.31. The number of hydrogen-bond acceptors (Lipinski definition) is 4. The first-order chi connectivity index (χ1) is 21.1. The second-order valence-corrected chi connectivity index (χ2v) is 13.4. The summed E-state index contributed by atoms with van der Waals surface area (Å²) in [5, 5.41) is 3.18. The zero-order valence-corrected chi connectivity index (χ0v) is 26.8. The van der Waals surface area contributed by atoms with E-state index in [2.05, 4.69) is 5.32 Å². The Kier molecular flexibility index (Phi) is 11.2. The molecule has 230 valence electrons. The van der Waals surface area contributed by atoms with Gasteiger partial charge in [-0.05, 0) is 48.2 Å². The molecule has 1 atom stereocenters. The molecule has 0 heterocycles. The van der Waals surface area contributed by atoms with Gasteiger partial charge in [-0.2, -0.15) is 0 Å². The van der Waals surface area contributed by atoms with Crippen molar-refractivity contribution in [1.82, 2.24) is 10.2 Å². The smallest absolute Gasteiger partial charge is 0.264 e. The lowest BCUT2D eigenvalue weighted by Crippen LogP contribution is -2.53. The number of para-hydroxylation sites is 1. The van der Waals surface area contributed by atoms with Crippen molar-refractivity contribution >= 4 is 39.1 Å². The van der Waals surface area contributed by atoms with Crippen LogP contribution >= 0.6 is 11.6 Å². The zero-order chi connectivity index (χ0) is 31.7. The number of carbonyl (C=O) groups excluding carboxylic acids is 2. The predicted molar refractivity (Wildman–Crippen MR) is 176 cm³/mol. The molecule has 1 N–H and O–H groups in total. The maximum absolute atomic E-state index is 14.5. The van der Waals surface area contributed by atoms with Crippen LogP contribution in [-0.4, -0.2) is 44.3 Å². The minimum atomic E-state index is -4.21. The van der Waals surface area contributed by atoms with Gasteiger partial charge in [0.05, 0.1) is 15.6 Å². The topological polar surface area (TPSA) is 86.8 Å². The van der Waals surface area contributed by atoms with Crippen LogP contribution in [0.25, 0.3) is 0 Å². The van der Waals surface area contributed by atoms with E-state index in [4.69, 9.17) is 11.6 Å². The Morgan fingerprint density at radius 1 is 0.818 bits per heavy atom. The Morgan fingerprint density at radius 3 is 2.07 bits per heavy atom. The Labute approximate surface area is 265 Å². The van der Waals surface area contributed by atoms with Gasteiger partial charge in [0.1, 0.15) is 12.6 Å². The van der Waals surface area contributed by atoms with Crippen molar-refractivity contribution in [2.24, 2.45) is 5.92 Å². The first kappa shape index (κ1) is 32.8. The molecule has 0 aliphatic carbocycles. The van der Waals surface area contributed by atoms with Crippen LogP contribution in [0.2, 0.25) is 5.02 Å². The lowest BCUT2D eigenvalue weighted by Gasteiger charge is -2.34. The van der Waals surface area contributed by atoms with Gasteiger partial charge in [-0.3, -0.25) is 13.9 Å². The molecule has 4 aromatic rings. The summed E-state index contributed by atoms with van der Waals surface area (Å²) in [4.78, 5) is 29.8. The first-order valence-corrected chi connectivity index (χ1v) is 16.4. The molecule has 44 heavy (non-hydrogen) atoms. The molecule has 0 radical (unpaired) electrons. The molecule has 0 fully saturated rings. The minimum Gasteiger partial charge on any atom is -0.354 e. The van der Waals surface area contributed by atoms with E-state index in [0.717, 1.165) is 21.0 Å². The van der Waals surface area contributed by atoms with Crippen LogP contribution < -0.4 is 9.62 Å². The third-order valence-electron chi connectivity index (χ3n) is 7.12. The Hall–Kier alpha value is -4.14. The number of benzene rings is 4. The molecule has 2 amide bonds. The van der Waals surface area contributed by atoms with E-state index < -0.39 is 28.5 Å². The van der Waals surface area contributed by atoms with Crippen LogP contribution in [0, 0.1) is 12.8 Å². The first-order valence-electron chi connectivity index (χ1n) is 14.5. The zero-order valence-electron chi connectivity index (χ0n) is 25.2. The lowest BCUT2D eigenvalue weighted by molar-refractivity contribution is -0.140. The summed E-state index contributed by atoms with van der Waals surface area (Å²) in [7, 11) is -4.21. The van der Waals surface area contributed by atoms with Gasteiger partial charge in [-0.1, -0.05) is 116 Å². The number of anilines is 1. The highest BCUT2D eigenvalue weighted by atomic mass is 35.5. The number of nitrogens with one attached hydrogen (secondary N) is 1. The summed E-state index contributed by atoms with van der Waals surface area (Å²) < 4.78 is 29.1. The van der Waals surface area contributed by atoms with Gasteiger partial charge in [0.15, 0.2) is 0 Å². The molecule has 0 saturated carbocycles. The fourth-order valence-electron chi connectivity index (χ4n) is 4.87. The van der Waals surface area contributed by atoms with E-state index in [1.807, 2.05) is 75.4 Å². The second-order valence-electron chi connectivity index (χ2n) is 11.1. The van der Waals surface area contributed by atoms with E-state index in [-0.39, 0.29) is 40.4 Å². The van der Waals surface area contributed by atoms with Gasteiger partial charge >= 0.3 is 0 Å². The van der Waals surface area contributed by atoms with E-state index >= 15 is 0 Å². The van der Waals surface area contributed by atoms with Crippen molar-refractivity contribution in [3.8, 4) is 0 Å². The average Bonchev–Trinajstić information content (AvgIpc) is 3.01. The van der Waals surface area contributed by atoms with Crippen LogP contribution in [0.4, 0.5) is 5.69 Å². The van der Waals surface area contributed by atoms with Crippen molar-refractivity contribution in [3.05, 3.63) is 131 Å².